The summed E-state index contributed by atoms with van der Waals surface area (Å²) < 4.78 is 54.5. The average Bonchev–Trinajstić information content (AvgIpc) is 3.14. The molecule has 1 aliphatic heterocycles. The molecule has 1 amide bonds. The number of nitrogens with zero attached hydrogens (tertiary/aromatic N) is 2. The van der Waals surface area contributed by atoms with Crippen molar-refractivity contribution in [2.45, 2.75) is 18.7 Å². The Morgan fingerprint density at radius 3 is 2.71 bits per heavy atom. The zero-order valence-corrected chi connectivity index (χ0v) is 15.1. The highest BCUT2D eigenvalue weighted by Crippen LogP contribution is 2.31. The molecule has 0 aliphatic carbocycles. The number of para-hydroxylation sites is 2. The summed E-state index contributed by atoms with van der Waals surface area (Å²) in [5.41, 5.74) is -0.825. The van der Waals surface area contributed by atoms with Crippen LogP contribution in [0.5, 0.6) is 17.4 Å². The lowest BCUT2D eigenvalue weighted by atomic mass is 10.2. The van der Waals surface area contributed by atoms with Gasteiger partial charge >= 0.3 is 6.18 Å². The van der Waals surface area contributed by atoms with Crippen LogP contribution in [0.4, 0.5) is 13.2 Å². The molecule has 150 valence electrons. The minimum Gasteiger partial charge on any atom is -0.493 e. The zero-order chi connectivity index (χ0) is 20.1. The van der Waals surface area contributed by atoms with Crippen molar-refractivity contribution in [1.29, 1.82) is 0 Å². The van der Waals surface area contributed by atoms with Crippen LogP contribution in [0.25, 0.3) is 0 Å². The molecular formula is C19H19F3N2O4. The molecule has 1 aromatic heterocycles. The van der Waals surface area contributed by atoms with Gasteiger partial charge in [-0.3, -0.25) is 4.79 Å². The van der Waals surface area contributed by atoms with Gasteiger partial charge < -0.3 is 19.1 Å². The van der Waals surface area contributed by atoms with Crippen molar-refractivity contribution >= 4 is 5.91 Å². The molecule has 9 heteroatoms. The third-order valence-electron chi connectivity index (χ3n) is 4.27. The molecule has 3 rings (SSSR count). The van der Waals surface area contributed by atoms with Crippen molar-refractivity contribution in [3.8, 4) is 17.4 Å². The summed E-state index contributed by atoms with van der Waals surface area (Å²) in [6.07, 6.45) is -3.34. The van der Waals surface area contributed by atoms with E-state index in [-0.39, 0.29) is 24.9 Å². The van der Waals surface area contributed by atoms with E-state index >= 15 is 0 Å². The van der Waals surface area contributed by atoms with Gasteiger partial charge in [0, 0.05) is 25.2 Å². The lowest BCUT2D eigenvalue weighted by Crippen LogP contribution is -2.34. The number of halogens is 3. The van der Waals surface area contributed by atoms with Crippen molar-refractivity contribution in [2.24, 2.45) is 0 Å². The molecule has 1 fully saturated rings. The minimum absolute atomic E-state index is 0.112. The molecule has 28 heavy (non-hydrogen) atoms. The van der Waals surface area contributed by atoms with E-state index in [4.69, 9.17) is 14.2 Å². The average molecular weight is 396 g/mol. The predicted octanol–water partition coefficient (Wildman–Crippen LogP) is 3.17. The lowest BCUT2D eigenvalue weighted by molar-refractivity contribution is -0.137. The van der Waals surface area contributed by atoms with Gasteiger partial charge in [-0.2, -0.15) is 13.2 Å². The molecule has 1 saturated heterocycles. The number of benzene rings is 1. The second-order valence-corrected chi connectivity index (χ2v) is 6.19. The Kier molecular flexibility index (Phi) is 5.91. The monoisotopic (exact) mass is 396 g/mol. The number of alkyl halides is 3. The molecule has 0 spiro atoms. The van der Waals surface area contributed by atoms with Crippen LogP contribution < -0.4 is 14.2 Å². The van der Waals surface area contributed by atoms with Crippen LogP contribution in [0.1, 0.15) is 12.0 Å². The first-order valence-corrected chi connectivity index (χ1v) is 8.60. The Hall–Kier alpha value is -2.97. The van der Waals surface area contributed by atoms with Crippen molar-refractivity contribution in [2.75, 3.05) is 26.8 Å². The molecule has 1 aromatic carbocycles. The van der Waals surface area contributed by atoms with Crippen LogP contribution in [-0.4, -0.2) is 48.7 Å². The number of likely N-dealkylation sites (tertiary alicyclic amines) is 1. The van der Waals surface area contributed by atoms with Gasteiger partial charge in [-0.05, 0) is 18.2 Å². The maximum atomic E-state index is 12.8. The topological polar surface area (TPSA) is 60.9 Å². The van der Waals surface area contributed by atoms with Gasteiger partial charge in [-0.25, -0.2) is 4.98 Å². The first-order valence-electron chi connectivity index (χ1n) is 8.60. The van der Waals surface area contributed by atoms with E-state index in [0.29, 0.717) is 24.5 Å². The first kappa shape index (κ1) is 19.8. The molecule has 2 heterocycles. The van der Waals surface area contributed by atoms with Crippen LogP contribution in [-0.2, 0) is 11.0 Å². The summed E-state index contributed by atoms with van der Waals surface area (Å²) in [4.78, 5) is 17.7. The summed E-state index contributed by atoms with van der Waals surface area (Å²) in [5.74, 6) is 0.625. The number of amides is 1. The molecule has 0 bridgehead atoms. The highest BCUT2D eigenvalue weighted by molar-refractivity contribution is 5.78. The fourth-order valence-electron chi connectivity index (χ4n) is 2.84. The van der Waals surface area contributed by atoms with Gasteiger partial charge in [0.15, 0.2) is 18.1 Å². The van der Waals surface area contributed by atoms with Crippen LogP contribution in [0.15, 0.2) is 42.6 Å². The molecule has 1 unspecified atom stereocenters. The number of carbonyl (C=O) groups excluding carboxylic acids is 1. The molecule has 0 saturated carbocycles. The molecule has 2 aromatic rings. The highest BCUT2D eigenvalue weighted by atomic mass is 19.4. The molecule has 1 atom stereocenters. The number of rotatable bonds is 6. The van der Waals surface area contributed by atoms with Gasteiger partial charge in [0.05, 0.1) is 19.2 Å². The van der Waals surface area contributed by atoms with E-state index in [0.717, 1.165) is 18.3 Å². The number of hydrogen-bond acceptors (Lipinski definition) is 5. The van der Waals surface area contributed by atoms with Gasteiger partial charge in [0.1, 0.15) is 6.10 Å². The standard InChI is InChI=1S/C19H19F3N2O4/c1-26-15-4-2-3-5-16(15)27-12-18(25)24-9-7-14(11-24)28-17-10-13(6-8-23-17)19(20,21)22/h2-6,8,10,14H,7,9,11-12H2,1H3. The maximum Gasteiger partial charge on any atom is 0.416 e. The number of hydrogen-bond donors (Lipinski definition) is 0. The third-order valence-corrected chi connectivity index (χ3v) is 4.27. The zero-order valence-electron chi connectivity index (χ0n) is 15.1. The van der Waals surface area contributed by atoms with Crippen molar-refractivity contribution in [3.05, 3.63) is 48.2 Å². The predicted molar refractivity (Wildman–Crippen MR) is 93.3 cm³/mol. The van der Waals surface area contributed by atoms with Gasteiger partial charge in [0.25, 0.3) is 5.91 Å². The second-order valence-electron chi connectivity index (χ2n) is 6.19. The van der Waals surface area contributed by atoms with Gasteiger partial charge in [-0.1, -0.05) is 12.1 Å². The molecule has 6 nitrogen and oxygen atoms in total. The van der Waals surface area contributed by atoms with Crippen molar-refractivity contribution < 1.29 is 32.2 Å². The van der Waals surface area contributed by atoms with Crippen molar-refractivity contribution in [3.63, 3.8) is 0 Å². The summed E-state index contributed by atoms with van der Waals surface area (Å²) in [7, 11) is 1.51. The Morgan fingerprint density at radius 2 is 2.00 bits per heavy atom. The molecule has 1 aliphatic rings. The summed E-state index contributed by atoms with van der Waals surface area (Å²) in [6.45, 7) is 0.513. The van der Waals surface area contributed by atoms with Crippen LogP contribution in [0.3, 0.4) is 0 Å². The molecular weight excluding hydrogens is 377 g/mol. The summed E-state index contributed by atoms with van der Waals surface area (Å²) in [6, 6.07) is 8.71. The number of ether oxygens (including phenoxy) is 3. The SMILES string of the molecule is COc1ccccc1OCC(=O)N1CCC(Oc2cc(C(F)(F)F)ccn2)C1. The largest absolute Gasteiger partial charge is 0.493 e. The lowest BCUT2D eigenvalue weighted by Gasteiger charge is -2.18. The molecule has 0 N–H and O–H groups in total. The number of pyridine rings is 1. The van der Waals surface area contributed by atoms with E-state index in [1.807, 2.05) is 0 Å². The normalized spacial score (nSPS) is 16.7. The van der Waals surface area contributed by atoms with Gasteiger partial charge in [-0.15, -0.1) is 0 Å². The van der Waals surface area contributed by atoms with Gasteiger partial charge in [0.2, 0.25) is 5.88 Å². The quantitative estimate of drug-likeness (QED) is 0.751. The summed E-state index contributed by atoms with van der Waals surface area (Å²) in [5, 5.41) is 0. The smallest absolute Gasteiger partial charge is 0.416 e. The Balaban J connectivity index is 1.53. The minimum atomic E-state index is -4.46. The van der Waals surface area contributed by atoms with Crippen molar-refractivity contribution in [1.82, 2.24) is 9.88 Å². The molecule has 0 radical (unpaired) electrons. The van der Waals surface area contributed by atoms with Crippen LogP contribution >= 0.6 is 0 Å². The number of carbonyl (C=O) groups is 1. The van der Waals surface area contributed by atoms with E-state index in [1.165, 1.54) is 7.11 Å². The fourth-order valence-corrected chi connectivity index (χ4v) is 2.84. The Labute approximate surface area is 159 Å². The Morgan fingerprint density at radius 1 is 1.25 bits per heavy atom. The fraction of sp³-hybridized carbons (Fsp3) is 0.368. The van der Waals surface area contributed by atoms with Crippen LogP contribution in [0.2, 0.25) is 0 Å². The van der Waals surface area contributed by atoms with E-state index in [1.54, 1.807) is 29.2 Å². The maximum absolute atomic E-state index is 12.8. The number of methoxy groups -OCH3 is 1. The van der Waals surface area contributed by atoms with E-state index < -0.39 is 17.8 Å². The summed E-state index contributed by atoms with van der Waals surface area (Å²) >= 11 is 0. The second kappa shape index (κ2) is 8.37. The number of aromatic nitrogens is 1. The van der Waals surface area contributed by atoms with E-state index in [2.05, 4.69) is 4.98 Å². The first-order chi connectivity index (χ1) is 13.4. The van der Waals surface area contributed by atoms with Crippen LogP contribution in [0, 0.1) is 0 Å². The highest BCUT2D eigenvalue weighted by Gasteiger charge is 2.32. The van der Waals surface area contributed by atoms with E-state index in [9.17, 15) is 18.0 Å². The Bertz CT molecular complexity index is 829. The third kappa shape index (κ3) is 4.85.